The lowest BCUT2D eigenvalue weighted by Crippen LogP contribution is -2.53. The van der Waals surface area contributed by atoms with Crippen molar-refractivity contribution in [2.75, 3.05) is 23.7 Å². The highest BCUT2D eigenvalue weighted by atomic mass is 35.5. The molecule has 1 fully saturated rings. The Kier molecular flexibility index (Phi) is 12.5. The number of rotatable bonds is 13. The van der Waals surface area contributed by atoms with Gasteiger partial charge >= 0.3 is 0 Å². The second-order valence-corrected chi connectivity index (χ2v) is 14.4. The van der Waals surface area contributed by atoms with Crippen LogP contribution in [0.3, 0.4) is 0 Å². The molecule has 0 aromatic heterocycles. The molecule has 8 nitrogen and oxygen atoms in total. The van der Waals surface area contributed by atoms with Crippen LogP contribution in [-0.4, -0.2) is 56.6 Å². The van der Waals surface area contributed by atoms with Crippen LogP contribution in [0.25, 0.3) is 0 Å². The monoisotopic (exact) mass is 691 g/mol. The van der Waals surface area contributed by atoms with Crippen molar-refractivity contribution in [3.8, 4) is 5.75 Å². The van der Waals surface area contributed by atoms with E-state index in [4.69, 9.17) is 27.9 Å². The summed E-state index contributed by atoms with van der Waals surface area (Å²) in [5.74, 6) is -0.621. The van der Waals surface area contributed by atoms with Gasteiger partial charge < -0.3 is 15.0 Å². The molecule has 1 saturated carbocycles. The Morgan fingerprint density at radius 1 is 0.978 bits per heavy atom. The highest BCUT2D eigenvalue weighted by Gasteiger charge is 2.35. The fraction of sp³-hybridized carbons (Fsp3) is 0.394. The lowest BCUT2D eigenvalue weighted by atomic mass is 9.95. The third kappa shape index (κ3) is 8.67. The quantitative estimate of drug-likeness (QED) is 0.191. The molecule has 4 rings (SSSR count). The SMILES string of the molecule is CCOc1ccccc1N(CC(=O)N(Cc1c(Cl)cccc1Cl)[C@H](C)C(=O)NC1CCCCC1)S(=O)(=O)c1ccc(SC)cc1. The highest BCUT2D eigenvalue weighted by molar-refractivity contribution is 7.98. The Labute approximate surface area is 280 Å². The van der Waals surface area contributed by atoms with Crippen LogP contribution in [-0.2, 0) is 26.2 Å². The van der Waals surface area contributed by atoms with E-state index < -0.39 is 28.5 Å². The van der Waals surface area contributed by atoms with Crippen LogP contribution in [0.1, 0.15) is 51.5 Å². The van der Waals surface area contributed by atoms with Gasteiger partial charge in [-0.25, -0.2) is 8.42 Å². The zero-order valence-electron chi connectivity index (χ0n) is 25.7. The molecule has 1 aliphatic rings. The number of carbonyl (C=O) groups excluding carboxylic acids is 2. The first-order chi connectivity index (χ1) is 21.6. The predicted octanol–water partition coefficient (Wildman–Crippen LogP) is 7.18. The van der Waals surface area contributed by atoms with Gasteiger partial charge in [0.15, 0.2) is 0 Å². The van der Waals surface area contributed by atoms with E-state index in [1.165, 1.54) is 28.8 Å². The second kappa shape index (κ2) is 16.1. The summed E-state index contributed by atoms with van der Waals surface area (Å²) in [7, 11) is -4.26. The summed E-state index contributed by atoms with van der Waals surface area (Å²) in [4.78, 5) is 30.2. The number of sulfonamides is 1. The number of nitrogens with zero attached hydrogens (tertiary/aromatic N) is 2. The van der Waals surface area contributed by atoms with Gasteiger partial charge in [0, 0.05) is 33.1 Å². The zero-order valence-corrected chi connectivity index (χ0v) is 28.8. The summed E-state index contributed by atoms with van der Waals surface area (Å²) in [6, 6.07) is 17.2. The molecule has 0 radical (unpaired) electrons. The molecule has 0 spiro atoms. The van der Waals surface area contributed by atoms with E-state index in [1.54, 1.807) is 68.4 Å². The molecule has 1 atom stereocenters. The Morgan fingerprint density at radius 3 is 2.24 bits per heavy atom. The molecular weight excluding hydrogens is 653 g/mol. The van der Waals surface area contributed by atoms with Crippen LogP contribution >= 0.6 is 35.0 Å². The van der Waals surface area contributed by atoms with Gasteiger partial charge in [-0.1, -0.05) is 60.7 Å². The van der Waals surface area contributed by atoms with Crippen LogP contribution in [0.15, 0.2) is 76.5 Å². The van der Waals surface area contributed by atoms with Crippen LogP contribution in [0.2, 0.25) is 10.0 Å². The van der Waals surface area contributed by atoms with Crippen LogP contribution in [0.5, 0.6) is 5.75 Å². The number of halogens is 2. The van der Waals surface area contributed by atoms with Gasteiger partial charge in [0.25, 0.3) is 10.0 Å². The van der Waals surface area contributed by atoms with Gasteiger partial charge in [0.1, 0.15) is 18.3 Å². The third-order valence-electron chi connectivity index (χ3n) is 7.87. The van der Waals surface area contributed by atoms with Crippen molar-refractivity contribution in [3.63, 3.8) is 0 Å². The van der Waals surface area contributed by atoms with Crippen molar-refractivity contribution in [2.24, 2.45) is 0 Å². The number of hydrogen-bond donors (Lipinski definition) is 1. The van der Waals surface area contributed by atoms with E-state index in [0.29, 0.717) is 21.4 Å². The molecule has 3 aromatic carbocycles. The average molecular weight is 693 g/mol. The maximum Gasteiger partial charge on any atom is 0.264 e. The van der Waals surface area contributed by atoms with Crippen molar-refractivity contribution in [2.45, 2.75) is 74.4 Å². The predicted molar refractivity (Wildman–Crippen MR) is 182 cm³/mol. The van der Waals surface area contributed by atoms with E-state index >= 15 is 0 Å². The fourth-order valence-corrected chi connectivity index (χ4v) is 7.68. The smallest absolute Gasteiger partial charge is 0.264 e. The molecule has 0 saturated heterocycles. The van der Waals surface area contributed by atoms with Crippen LogP contribution < -0.4 is 14.4 Å². The van der Waals surface area contributed by atoms with E-state index in [2.05, 4.69) is 5.32 Å². The second-order valence-electron chi connectivity index (χ2n) is 10.8. The van der Waals surface area contributed by atoms with Gasteiger partial charge in [0.05, 0.1) is 17.2 Å². The largest absolute Gasteiger partial charge is 0.492 e. The summed E-state index contributed by atoms with van der Waals surface area (Å²) < 4.78 is 35.3. The topological polar surface area (TPSA) is 96.0 Å². The number of amides is 2. The maximum atomic E-state index is 14.3. The molecule has 45 heavy (non-hydrogen) atoms. The molecule has 3 aromatic rings. The fourth-order valence-electron chi connectivity index (χ4n) is 5.33. The van der Waals surface area contributed by atoms with E-state index in [-0.39, 0.29) is 35.7 Å². The normalized spacial score (nSPS) is 14.4. The summed E-state index contributed by atoms with van der Waals surface area (Å²) >= 11 is 14.5. The zero-order chi connectivity index (χ0) is 32.6. The molecule has 0 bridgehead atoms. The minimum absolute atomic E-state index is 0.0168. The first-order valence-electron chi connectivity index (χ1n) is 15.0. The standard InChI is InChI=1S/C33H39Cl2N3O5S2/c1-4-43-31-16-9-8-15-30(31)38(45(41,42)26-19-17-25(44-3)18-20-26)22-32(39)37(21-27-28(34)13-10-14-29(27)35)23(2)33(40)36-24-11-6-5-7-12-24/h8-10,13-20,23-24H,4-7,11-12,21-22H2,1-3H3,(H,36,40)/t23-/m1/s1. The molecule has 242 valence electrons. The Hall–Kier alpha value is -2.92. The van der Waals surface area contributed by atoms with Gasteiger partial charge in [-0.05, 0) is 81.5 Å². The minimum atomic E-state index is -4.26. The number of ether oxygens (including phenoxy) is 1. The molecule has 12 heteroatoms. The summed E-state index contributed by atoms with van der Waals surface area (Å²) in [5, 5.41) is 3.76. The van der Waals surface area contributed by atoms with Crippen LogP contribution in [0, 0.1) is 0 Å². The molecular formula is C33H39Cl2N3O5S2. The molecule has 0 unspecified atom stereocenters. The summed E-state index contributed by atoms with van der Waals surface area (Å²) in [6.45, 7) is 3.02. The average Bonchev–Trinajstić information content (AvgIpc) is 3.04. The lowest BCUT2D eigenvalue weighted by Gasteiger charge is -2.34. The van der Waals surface area contributed by atoms with Gasteiger partial charge in [-0.15, -0.1) is 11.8 Å². The van der Waals surface area contributed by atoms with Gasteiger partial charge in [0.2, 0.25) is 11.8 Å². The third-order valence-corrected chi connectivity index (χ3v) is 11.1. The van der Waals surface area contributed by atoms with Gasteiger partial charge in [-0.2, -0.15) is 0 Å². The van der Waals surface area contributed by atoms with E-state index in [1.807, 2.05) is 6.26 Å². The van der Waals surface area contributed by atoms with E-state index in [0.717, 1.165) is 41.3 Å². The van der Waals surface area contributed by atoms with Crippen molar-refractivity contribution >= 4 is 62.5 Å². The number of anilines is 1. The number of benzene rings is 3. The highest BCUT2D eigenvalue weighted by Crippen LogP contribution is 2.34. The summed E-state index contributed by atoms with van der Waals surface area (Å²) in [6.07, 6.45) is 6.84. The molecule has 0 heterocycles. The number of thioether (sulfide) groups is 1. The van der Waals surface area contributed by atoms with Crippen molar-refractivity contribution in [1.29, 1.82) is 0 Å². The number of carbonyl (C=O) groups is 2. The summed E-state index contributed by atoms with van der Waals surface area (Å²) in [5.41, 5.74) is 0.667. The first kappa shape index (κ1) is 34.9. The van der Waals surface area contributed by atoms with Crippen LogP contribution in [0.4, 0.5) is 5.69 Å². The Bertz CT molecular complexity index is 1560. The Morgan fingerprint density at radius 2 is 1.62 bits per heavy atom. The van der Waals surface area contributed by atoms with Crippen molar-refractivity contribution in [3.05, 3.63) is 82.3 Å². The van der Waals surface area contributed by atoms with Gasteiger partial charge in [-0.3, -0.25) is 13.9 Å². The number of hydrogen-bond acceptors (Lipinski definition) is 6. The number of para-hydroxylation sites is 2. The minimum Gasteiger partial charge on any atom is -0.492 e. The molecule has 0 aliphatic heterocycles. The molecule has 1 aliphatic carbocycles. The molecule has 2 amide bonds. The Balaban J connectivity index is 1.75. The molecule has 1 N–H and O–H groups in total. The van der Waals surface area contributed by atoms with Crippen molar-refractivity contribution in [1.82, 2.24) is 10.2 Å². The first-order valence-corrected chi connectivity index (χ1v) is 18.4. The maximum absolute atomic E-state index is 14.3. The lowest BCUT2D eigenvalue weighted by molar-refractivity contribution is -0.139. The van der Waals surface area contributed by atoms with E-state index in [9.17, 15) is 18.0 Å². The van der Waals surface area contributed by atoms with Crippen molar-refractivity contribution < 1.29 is 22.7 Å². The number of nitrogens with one attached hydrogen (secondary N) is 1.